The molecule has 2 aromatic rings. The minimum atomic E-state index is -4.67. The Morgan fingerprint density at radius 1 is 1.21 bits per heavy atom. The van der Waals surface area contributed by atoms with Crippen LogP contribution < -0.4 is 15.4 Å². The van der Waals surface area contributed by atoms with E-state index in [-0.39, 0.29) is 11.8 Å². The van der Waals surface area contributed by atoms with Crippen LogP contribution in [0.1, 0.15) is 31.7 Å². The third kappa shape index (κ3) is 6.90. The molecule has 0 saturated carbocycles. The first-order chi connectivity index (χ1) is 13.8. The molecule has 160 valence electrons. The molecule has 1 saturated heterocycles. The lowest BCUT2D eigenvalue weighted by Gasteiger charge is -2.40. The molecule has 2 heterocycles. The van der Waals surface area contributed by atoms with Crippen molar-refractivity contribution in [3.63, 3.8) is 0 Å². The average Bonchev–Trinajstić information content (AvgIpc) is 3.18. The van der Waals surface area contributed by atoms with Crippen LogP contribution in [0, 0.1) is 0 Å². The first-order valence-electron chi connectivity index (χ1n) is 9.91. The van der Waals surface area contributed by atoms with Gasteiger partial charge < -0.3 is 20.3 Å². The van der Waals surface area contributed by atoms with Crippen LogP contribution in [-0.4, -0.2) is 43.0 Å². The maximum Gasteiger partial charge on any atom is 0.573 e. The Hall–Kier alpha value is -1.77. The van der Waals surface area contributed by atoms with Crippen LogP contribution in [0.3, 0.4) is 0 Å². The number of piperidine rings is 1. The van der Waals surface area contributed by atoms with Gasteiger partial charge in [-0.1, -0.05) is 0 Å². The molecular formula is C21H28F3N3OS. The van der Waals surface area contributed by atoms with Crippen LogP contribution in [0.25, 0.3) is 0 Å². The predicted molar refractivity (Wildman–Crippen MR) is 111 cm³/mol. The molecule has 0 bridgehead atoms. The van der Waals surface area contributed by atoms with Gasteiger partial charge in [0.2, 0.25) is 0 Å². The summed E-state index contributed by atoms with van der Waals surface area (Å²) >= 11 is 1.65. The van der Waals surface area contributed by atoms with Gasteiger partial charge in [-0.25, -0.2) is 0 Å². The minimum absolute atomic E-state index is 0.192. The summed E-state index contributed by atoms with van der Waals surface area (Å²) in [7, 11) is 0. The molecule has 0 radical (unpaired) electrons. The highest BCUT2D eigenvalue weighted by molar-refractivity contribution is 7.07. The summed E-state index contributed by atoms with van der Waals surface area (Å²) < 4.78 is 41.4. The van der Waals surface area contributed by atoms with E-state index in [9.17, 15) is 13.2 Å². The second-order valence-corrected chi connectivity index (χ2v) is 8.42. The van der Waals surface area contributed by atoms with Crippen molar-refractivity contribution in [3.05, 3.63) is 46.7 Å². The fourth-order valence-electron chi connectivity index (χ4n) is 3.69. The first-order valence-corrected chi connectivity index (χ1v) is 10.9. The van der Waals surface area contributed by atoms with Crippen molar-refractivity contribution in [2.45, 2.75) is 51.2 Å². The summed E-state index contributed by atoms with van der Waals surface area (Å²) in [6, 6.07) is 8.86. The van der Waals surface area contributed by atoms with Gasteiger partial charge in [0.25, 0.3) is 0 Å². The summed E-state index contributed by atoms with van der Waals surface area (Å²) in [6.07, 6.45) is -1.65. The number of alkyl halides is 3. The highest BCUT2D eigenvalue weighted by Gasteiger charge is 2.31. The van der Waals surface area contributed by atoms with Crippen molar-refractivity contribution in [3.8, 4) is 5.75 Å². The lowest BCUT2D eigenvalue weighted by Crippen LogP contribution is -2.45. The maximum absolute atomic E-state index is 12.4. The minimum Gasteiger partial charge on any atom is -0.406 e. The number of hydrogen-bond donors (Lipinski definition) is 1. The van der Waals surface area contributed by atoms with Gasteiger partial charge in [0.15, 0.2) is 0 Å². The second-order valence-electron chi connectivity index (χ2n) is 7.64. The Morgan fingerprint density at radius 2 is 1.90 bits per heavy atom. The van der Waals surface area contributed by atoms with E-state index in [2.05, 4.69) is 26.0 Å². The van der Waals surface area contributed by atoms with Crippen LogP contribution in [0.15, 0.2) is 41.1 Å². The largest absolute Gasteiger partial charge is 0.573 e. The van der Waals surface area contributed by atoms with Gasteiger partial charge in [-0.3, -0.25) is 0 Å². The average molecular weight is 428 g/mol. The fraction of sp³-hybridized carbons (Fsp3) is 0.524. The molecule has 0 aliphatic carbocycles. The third-order valence-electron chi connectivity index (χ3n) is 5.23. The van der Waals surface area contributed by atoms with E-state index in [4.69, 9.17) is 5.73 Å². The Morgan fingerprint density at radius 3 is 2.45 bits per heavy atom. The Kier molecular flexibility index (Phi) is 7.43. The fourth-order valence-corrected chi connectivity index (χ4v) is 4.35. The van der Waals surface area contributed by atoms with Crippen molar-refractivity contribution in [2.75, 3.05) is 24.5 Å². The summed E-state index contributed by atoms with van der Waals surface area (Å²) in [6.45, 7) is 5.80. The van der Waals surface area contributed by atoms with E-state index in [1.54, 1.807) is 23.5 Å². The number of benzene rings is 1. The van der Waals surface area contributed by atoms with Crippen LogP contribution in [0.4, 0.5) is 18.9 Å². The molecule has 3 rings (SSSR count). The van der Waals surface area contributed by atoms with Gasteiger partial charge in [0, 0.05) is 37.4 Å². The molecule has 8 heteroatoms. The van der Waals surface area contributed by atoms with Crippen molar-refractivity contribution in [2.24, 2.45) is 5.73 Å². The molecular weight excluding hydrogens is 399 g/mol. The van der Waals surface area contributed by atoms with Gasteiger partial charge in [-0.05, 0) is 79.4 Å². The number of thiophene rings is 1. The summed E-state index contributed by atoms with van der Waals surface area (Å²) in [5.41, 5.74) is 8.00. The molecule has 2 N–H and O–H groups in total. The van der Waals surface area contributed by atoms with Gasteiger partial charge in [-0.15, -0.1) is 13.2 Å². The quantitative estimate of drug-likeness (QED) is 0.654. The SMILES string of the molecule is C[C@@H](N)CCN1CCC(N(Cc2ccsc2)c2ccc(OC(F)(F)F)cc2)CC1. The number of hydrogen-bond acceptors (Lipinski definition) is 5. The molecule has 1 atom stereocenters. The van der Waals surface area contributed by atoms with Crippen molar-refractivity contribution >= 4 is 17.0 Å². The van der Waals surface area contributed by atoms with E-state index < -0.39 is 6.36 Å². The number of ether oxygens (including phenoxy) is 1. The molecule has 1 aromatic heterocycles. The smallest absolute Gasteiger partial charge is 0.406 e. The van der Waals surface area contributed by atoms with Crippen molar-refractivity contribution in [1.82, 2.24) is 4.90 Å². The molecule has 1 aliphatic heterocycles. The summed E-state index contributed by atoms with van der Waals surface area (Å²) in [5.74, 6) is -0.192. The topological polar surface area (TPSA) is 41.7 Å². The third-order valence-corrected chi connectivity index (χ3v) is 5.97. The first kappa shape index (κ1) is 21.9. The molecule has 1 fully saturated rings. The Bertz CT molecular complexity index is 727. The molecule has 0 amide bonds. The molecule has 0 spiro atoms. The van der Waals surface area contributed by atoms with Crippen LogP contribution >= 0.6 is 11.3 Å². The molecule has 4 nitrogen and oxygen atoms in total. The molecule has 1 aliphatic rings. The van der Waals surface area contributed by atoms with Gasteiger partial charge in [0.05, 0.1) is 0 Å². The normalized spacial score (nSPS) is 17.3. The lowest BCUT2D eigenvalue weighted by molar-refractivity contribution is -0.274. The Labute approximate surface area is 174 Å². The van der Waals surface area contributed by atoms with E-state index in [1.165, 1.54) is 17.7 Å². The van der Waals surface area contributed by atoms with Crippen molar-refractivity contribution < 1.29 is 17.9 Å². The van der Waals surface area contributed by atoms with E-state index in [0.717, 1.165) is 51.1 Å². The zero-order valence-electron chi connectivity index (χ0n) is 16.6. The maximum atomic E-state index is 12.4. The summed E-state index contributed by atoms with van der Waals surface area (Å²) in [5, 5.41) is 4.16. The van der Waals surface area contributed by atoms with Gasteiger partial charge in [-0.2, -0.15) is 11.3 Å². The van der Waals surface area contributed by atoms with E-state index in [0.29, 0.717) is 6.04 Å². The number of likely N-dealkylation sites (tertiary alicyclic amines) is 1. The highest BCUT2D eigenvalue weighted by atomic mass is 32.1. The number of rotatable bonds is 8. The van der Waals surface area contributed by atoms with Crippen LogP contribution in [0.5, 0.6) is 5.75 Å². The summed E-state index contributed by atoms with van der Waals surface area (Å²) in [4.78, 5) is 4.76. The van der Waals surface area contributed by atoms with Crippen molar-refractivity contribution in [1.29, 1.82) is 0 Å². The zero-order valence-corrected chi connectivity index (χ0v) is 17.4. The second kappa shape index (κ2) is 9.82. The molecule has 0 unspecified atom stereocenters. The highest BCUT2D eigenvalue weighted by Crippen LogP contribution is 2.30. The van der Waals surface area contributed by atoms with E-state index in [1.807, 2.05) is 12.3 Å². The zero-order chi connectivity index (χ0) is 20.9. The van der Waals surface area contributed by atoms with Gasteiger partial charge in [0.1, 0.15) is 5.75 Å². The number of anilines is 1. The van der Waals surface area contributed by atoms with Gasteiger partial charge >= 0.3 is 6.36 Å². The predicted octanol–water partition coefficient (Wildman–Crippen LogP) is 4.86. The lowest BCUT2D eigenvalue weighted by atomic mass is 10.0. The monoisotopic (exact) mass is 427 g/mol. The van der Waals surface area contributed by atoms with E-state index >= 15 is 0 Å². The Balaban J connectivity index is 1.69. The van der Waals surface area contributed by atoms with Crippen LogP contribution in [0.2, 0.25) is 0 Å². The number of halogens is 3. The standard InChI is InChI=1S/C21H28F3N3OS/c1-16(25)6-10-26-11-7-19(8-12-26)27(14-17-9-13-29-15-17)18-2-4-20(5-3-18)28-21(22,23)24/h2-5,9,13,15-16,19H,6-8,10-12,14,25H2,1H3/t16-/m1/s1. The number of nitrogens with two attached hydrogens (primary N) is 1. The number of nitrogens with zero attached hydrogens (tertiary/aromatic N) is 2. The van der Waals surface area contributed by atoms with Crippen LogP contribution in [-0.2, 0) is 6.54 Å². The molecule has 1 aromatic carbocycles. The molecule has 29 heavy (non-hydrogen) atoms.